The van der Waals surface area contributed by atoms with Crippen LogP contribution in [0.25, 0.3) is 0 Å². The van der Waals surface area contributed by atoms with Crippen LogP contribution in [0, 0.1) is 0 Å². The highest BCUT2D eigenvalue weighted by Gasteiger charge is 2.24. The molecule has 0 unspecified atom stereocenters. The second kappa shape index (κ2) is 3.70. The summed E-state index contributed by atoms with van der Waals surface area (Å²) in [5, 5.41) is 0.763. The minimum Gasteiger partial charge on any atom is -0.348 e. The van der Waals surface area contributed by atoms with Gasteiger partial charge >= 0.3 is 0 Å². The van der Waals surface area contributed by atoms with Crippen LogP contribution < -0.4 is 0 Å². The summed E-state index contributed by atoms with van der Waals surface area (Å²) in [7, 11) is 0. The molecule has 0 aliphatic heterocycles. The third-order valence-electron chi connectivity index (χ3n) is 2.74. The minimum absolute atomic E-state index is 0.0684. The van der Waals surface area contributed by atoms with Gasteiger partial charge in [0.05, 0.1) is 6.33 Å². The lowest BCUT2D eigenvalue weighted by Crippen LogP contribution is -2.19. The third kappa shape index (κ3) is 1.90. The van der Waals surface area contributed by atoms with E-state index in [0.29, 0.717) is 0 Å². The maximum Gasteiger partial charge on any atom is 0.0922 e. The van der Waals surface area contributed by atoms with Gasteiger partial charge in [-0.05, 0) is 17.7 Å². The van der Waals surface area contributed by atoms with Gasteiger partial charge in [0.15, 0.2) is 0 Å². The van der Waals surface area contributed by atoms with Crippen LogP contribution in [0.1, 0.15) is 25.1 Å². The van der Waals surface area contributed by atoms with E-state index in [1.165, 1.54) is 5.56 Å². The molecule has 0 aliphatic rings. The van der Waals surface area contributed by atoms with Crippen LogP contribution in [-0.2, 0) is 5.41 Å². The van der Waals surface area contributed by atoms with Crippen LogP contribution in [0.4, 0.5) is 0 Å². The molecule has 1 N–H and O–H groups in total. The summed E-state index contributed by atoms with van der Waals surface area (Å²) in [6.07, 6.45) is 3.56. The number of nitrogens with zero attached hydrogens (tertiary/aromatic N) is 1. The van der Waals surface area contributed by atoms with Crippen LogP contribution in [0.15, 0.2) is 36.8 Å². The average molecular weight is 221 g/mol. The van der Waals surface area contributed by atoms with Gasteiger partial charge in [-0.25, -0.2) is 4.98 Å². The van der Waals surface area contributed by atoms with Crippen LogP contribution >= 0.6 is 11.6 Å². The fourth-order valence-corrected chi connectivity index (χ4v) is 1.75. The first-order valence-corrected chi connectivity index (χ1v) is 5.23. The number of H-pyrrole nitrogens is 1. The summed E-state index contributed by atoms with van der Waals surface area (Å²) in [5.41, 5.74) is 2.25. The van der Waals surface area contributed by atoms with Crippen molar-refractivity contribution in [3.8, 4) is 0 Å². The predicted molar refractivity (Wildman–Crippen MR) is 62.2 cm³/mol. The number of hydrogen-bond acceptors (Lipinski definition) is 1. The van der Waals surface area contributed by atoms with E-state index in [4.69, 9.17) is 11.6 Å². The van der Waals surface area contributed by atoms with Crippen molar-refractivity contribution in [2.24, 2.45) is 0 Å². The molecule has 78 valence electrons. The lowest BCUT2D eigenvalue weighted by molar-refractivity contribution is 0.621. The van der Waals surface area contributed by atoms with E-state index in [9.17, 15) is 0 Å². The summed E-state index contributed by atoms with van der Waals surface area (Å²) in [5.74, 6) is 0. The second-order valence-corrected chi connectivity index (χ2v) is 4.53. The Morgan fingerprint density at radius 2 is 1.87 bits per heavy atom. The fourth-order valence-electron chi connectivity index (χ4n) is 1.62. The zero-order valence-electron chi connectivity index (χ0n) is 8.79. The van der Waals surface area contributed by atoms with Crippen molar-refractivity contribution < 1.29 is 0 Å². The molecule has 15 heavy (non-hydrogen) atoms. The maximum absolute atomic E-state index is 5.87. The first-order chi connectivity index (χ1) is 7.10. The lowest BCUT2D eigenvalue weighted by Gasteiger charge is -2.23. The lowest BCUT2D eigenvalue weighted by atomic mass is 9.82. The van der Waals surface area contributed by atoms with Crippen molar-refractivity contribution in [3.05, 3.63) is 53.1 Å². The van der Waals surface area contributed by atoms with Gasteiger partial charge in [-0.1, -0.05) is 37.6 Å². The molecule has 2 aromatic rings. The zero-order valence-corrected chi connectivity index (χ0v) is 9.55. The number of benzene rings is 1. The van der Waals surface area contributed by atoms with E-state index < -0.39 is 0 Å². The average Bonchev–Trinajstić information content (AvgIpc) is 2.71. The van der Waals surface area contributed by atoms with Crippen molar-refractivity contribution >= 4 is 11.6 Å². The summed E-state index contributed by atoms with van der Waals surface area (Å²) >= 11 is 5.87. The molecule has 0 aliphatic carbocycles. The number of hydrogen-bond donors (Lipinski definition) is 1. The Balaban J connectivity index is 2.41. The van der Waals surface area contributed by atoms with E-state index in [1.54, 1.807) is 6.33 Å². The Labute approximate surface area is 94.3 Å². The van der Waals surface area contributed by atoms with Crippen molar-refractivity contribution in [2.75, 3.05) is 0 Å². The fraction of sp³-hybridized carbons (Fsp3) is 0.250. The molecule has 2 rings (SSSR count). The highest BCUT2D eigenvalue weighted by atomic mass is 35.5. The first kappa shape index (κ1) is 10.2. The van der Waals surface area contributed by atoms with E-state index >= 15 is 0 Å². The second-order valence-electron chi connectivity index (χ2n) is 4.10. The van der Waals surface area contributed by atoms with Crippen molar-refractivity contribution in [1.29, 1.82) is 0 Å². The highest BCUT2D eigenvalue weighted by molar-refractivity contribution is 6.30. The molecule has 1 aromatic heterocycles. The molecular weight excluding hydrogens is 208 g/mol. The van der Waals surface area contributed by atoms with Crippen LogP contribution in [0.5, 0.6) is 0 Å². The molecule has 0 spiro atoms. The third-order valence-corrected chi connectivity index (χ3v) is 2.99. The molecule has 0 radical (unpaired) electrons. The molecule has 3 heteroatoms. The van der Waals surface area contributed by atoms with Gasteiger partial charge in [0.25, 0.3) is 0 Å². The molecule has 0 amide bonds. The Morgan fingerprint density at radius 1 is 1.20 bits per heavy atom. The van der Waals surface area contributed by atoms with Gasteiger partial charge in [-0.3, -0.25) is 0 Å². The van der Waals surface area contributed by atoms with Gasteiger partial charge in [-0.2, -0.15) is 0 Å². The molecule has 1 heterocycles. The SMILES string of the molecule is CC(C)(c1ccc(Cl)cc1)c1cnc[nH]1. The Hall–Kier alpha value is -1.28. The molecule has 0 saturated heterocycles. The number of aromatic nitrogens is 2. The van der Waals surface area contributed by atoms with E-state index in [-0.39, 0.29) is 5.41 Å². The standard InChI is InChI=1S/C12H13ClN2/c1-12(2,11-7-14-8-15-11)9-3-5-10(13)6-4-9/h3-8H,1-2H3,(H,14,15). The number of imidazole rings is 1. The number of rotatable bonds is 2. The van der Waals surface area contributed by atoms with Gasteiger partial charge < -0.3 is 4.98 Å². The number of aromatic amines is 1. The summed E-state index contributed by atoms with van der Waals surface area (Å²) in [4.78, 5) is 7.20. The Bertz CT molecular complexity index is 429. The molecule has 2 nitrogen and oxygen atoms in total. The highest BCUT2D eigenvalue weighted by Crippen LogP contribution is 2.30. The number of nitrogens with one attached hydrogen (secondary N) is 1. The molecule has 0 atom stereocenters. The summed E-state index contributed by atoms with van der Waals surface area (Å²) < 4.78 is 0. The van der Waals surface area contributed by atoms with E-state index in [2.05, 4.69) is 23.8 Å². The van der Waals surface area contributed by atoms with Crippen molar-refractivity contribution in [2.45, 2.75) is 19.3 Å². The van der Waals surface area contributed by atoms with E-state index in [0.717, 1.165) is 10.7 Å². The first-order valence-electron chi connectivity index (χ1n) is 4.85. The van der Waals surface area contributed by atoms with Crippen LogP contribution in [-0.4, -0.2) is 9.97 Å². The summed E-state index contributed by atoms with van der Waals surface area (Å²) in [6, 6.07) is 7.91. The Morgan fingerprint density at radius 3 is 2.40 bits per heavy atom. The molecule has 0 bridgehead atoms. The van der Waals surface area contributed by atoms with Crippen LogP contribution in [0.3, 0.4) is 0 Å². The topological polar surface area (TPSA) is 28.7 Å². The van der Waals surface area contributed by atoms with Gasteiger partial charge in [0.2, 0.25) is 0 Å². The predicted octanol–water partition coefficient (Wildman–Crippen LogP) is 3.39. The monoisotopic (exact) mass is 220 g/mol. The quantitative estimate of drug-likeness (QED) is 0.826. The normalized spacial score (nSPS) is 11.7. The molecular formula is C12H13ClN2. The largest absolute Gasteiger partial charge is 0.348 e. The molecule has 0 saturated carbocycles. The number of halogens is 1. The minimum atomic E-state index is -0.0684. The van der Waals surface area contributed by atoms with Gasteiger partial charge in [0, 0.05) is 22.3 Å². The summed E-state index contributed by atoms with van der Waals surface area (Å²) in [6.45, 7) is 4.31. The van der Waals surface area contributed by atoms with Crippen molar-refractivity contribution in [3.63, 3.8) is 0 Å². The van der Waals surface area contributed by atoms with Gasteiger partial charge in [0.1, 0.15) is 0 Å². The van der Waals surface area contributed by atoms with E-state index in [1.807, 2.05) is 30.5 Å². The molecule has 0 fully saturated rings. The van der Waals surface area contributed by atoms with Gasteiger partial charge in [-0.15, -0.1) is 0 Å². The Kier molecular flexibility index (Phi) is 2.53. The zero-order chi connectivity index (χ0) is 10.9. The van der Waals surface area contributed by atoms with Crippen molar-refractivity contribution in [1.82, 2.24) is 9.97 Å². The molecule has 1 aromatic carbocycles. The van der Waals surface area contributed by atoms with Crippen LogP contribution in [0.2, 0.25) is 5.02 Å². The maximum atomic E-state index is 5.87. The smallest absolute Gasteiger partial charge is 0.0922 e.